The van der Waals surface area contributed by atoms with Crippen LogP contribution in [-0.4, -0.2) is 25.0 Å². The monoisotopic (exact) mass is 287 g/mol. The van der Waals surface area contributed by atoms with Gasteiger partial charge in [0, 0.05) is 17.8 Å². The van der Waals surface area contributed by atoms with Crippen molar-refractivity contribution in [3.05, 3.63) is 47.7 Å². The highest BCUT2D eigenvalue weighted by Gasteiger charge is 2.07. The highest BCUT2D eigenvalue weighted by molar-refractivity contribution is 5.95. The van der Waals surface area contributed by atoms with Crippen LogP contribution in [0.4, 0.5) is 0 Å². The number of methoxy groups -OCH3 is 2. The molecule has 0 atom stereocenters. The molecule has 0 saturated carbocycles. The van der Waals surface area contributed by atoms with E-state index in [9.17, 15) is 0 Å². The van der Waals surface area contributed by atoms with Crippen LogP contribution in [0.3, 0.4) is 0 Å². The second kappa shape index (κ2) is 6.60. The Labute approximate surface area is 123 Å². The standard InChI is InChI=1S/C15H17N3O3/c1-19-12-6-11(14(16)17)7-13(8-12)21-9-10-4-3-5-18-15(10)20-2/h3-8H,9H2,1-2H3,(H3,16,17). The summed E-state index contributed by atoms with van der Waals surface area (Å²) in [7, 11) is 3.11. The summed E-state index contributed by atoms with van der Waals surface area (Å²) >= 11 is 0. The van der Waals surface area contributed by atoms with Gasteiger partial charge < -0.3 is 19.9 Å². The van der Waals surface area contributed by atoms with E-state index in [1.54, 1.807) is 38.6 Å². The maximum Gasteiger partial charge on any atom is 0.219 e. The third kappa shape index (κ3) is 3.62. The van der Waals surface area contributed by atoms with Crippen molar-refractivity contribution in [2.45, 2.75) is 6.61 Å². The van der Waals surface area contributed by atoms with E-state index in [-0.39, 0.29) is 5.84 Å². The number of pyridine rings is 1. The molecule has 0 unspecified atom stereocenters. The number of nitrogen functional groups attached to an aromatic ring is 1. The van der Waals surface area contributed by atoms with Crippen molar-refractivity contribution in [1.82, 2.24) is 4.98 Å². The highest BCUT2D eigenvalue weighted by atomic mass is 16.5. The van der Waals surface area contributed by atoms with Gasteiger partial charge in [0.25, 0.3) is 0 Å². The molecule has 21 heavy (non-hydrogen) atoms. The van der Waals surface area contributed by atoms with Gasteiger partial charge in [-0.25, -0.2) is 4.98 Å². The number of hydrogen-bond acceptors (Lipinski definition) is 5. The van der Waals surface area contributed by atoms with Gasteiger partial charge in [-0.15, -0.1) is 0 Å². The lowest BCUT2D eigenvalue weighted by molar-refractivity contribution is 0.292. The van der Waals surface area contributed by atoms with Crippen molar-refractivity contribution in [1.29, 1.82) is 5.41 Å². The maximum absolute atomic E-state index is 7.50. The number of hydrogen-bond donors (Lipinski definition) is 2. The number of nitrogens with one attached hydrogen (secondary N) is 1. The number of rotatable bonds is 6. The van der Waals surface area contributed by atoms with Gasteiger partial charge in [-0.05, 0) is 24.3 Å². The molecule has 6 heteroatoms. The van der Waals surface area contributed by atoms with E-state index in [1.165, 1.54) is 0 Å². The summed E-state index contributed by atoms with van der Waals surface area (Å²) in [5, 5.41) is 7.50. The third-order valence-electron chi connectivity index (χ3n) is 2.86. The number of nitrogens with two attached hydrogens (primary N) is 1. The van der Waals surface area contributed by atoms with Crippen LogP contribution in [0.25, 0.3) is 0 Å². The first-order valence-electron chi connectivity index (χ1n) is 6.28. The molecule has 0 aliphatic heterocycles. The number of benzene rings is 1. The van der Waals surface area contributed by atoms with Gasteiger partial charge in [0.2, 0.25) is 5.88 Å². The lowest BCUT2D eigenvalue weighted by Crippen LogP contribution is -2.11. The molecule has 0 aliphatic carbocycles. The molecule has 1 aromatic carbocycles. The zero-order chi connectivity index (χ0) is 15.2. The molecule has 0 fully saturated rings. The Morgan fingerprint density at radius 1 is 1.19 bits per heavy atom. The molecule has 0 saturated heterocycles. The zero-order valence-electron chi connectivity index (χ0n) is 11.9. The first-order valence-corrected chi connectivity index (χ1v) is 6.28. The van der Waals surface area contributed by atoms with E-state index in [0.717, 1.165) is 5.56 Å². The summed E-state index contributed by atoms with van der Waals surface area (Å²) in [6, 6.07) is 8.79. The number of amidine groups is 1. The van der Waals surface area contributed by atoms with Crippen LogP contribution >= 0.6 is 0 Å². The van der Waals surface area contributed by atoms with Gasteiger partial charge in [0.1, 0.15) is 23.9 Å². The van der Waals surface area contributed by atoms with Crippen LogP contribution in [0.2, 0.25) is 0 Å². The summed E-state index contributed by atoms with van der Waals surface area (Å²) in [5.41, 5.74) is 6.87. The van der Waals surface area contributed by atoms with E-state index in [2.05, 4.69) is 4.98 Å². The summed E-state index contributed by atoms with van der Waals surface area (Å²) in [6.45, 7) is 0.293. The van der Waals surface area contributed by atoms with Gasteiger partial charge in [-0.3, -0.25) is 5.41 Å². The molecule has 110 valence electrons. The van der Waals surface area contributed by atoms with Crippen molar-refractivity contribution in [2.24, 2.45) is 5.73 Å². The third-order valence-corrected chi connectivity index (χ3v) is 2.86. The number of aromatic nitrogens is 1. The molecular weight excluding hydrogens is 270 g/mol. The lowest BCUT2D eigenvalue weighted by Gasteiger charge is -2.11. The van der Waals surface area contributed by atoms with Gasteiger partial charge in [0.05, 0.1) is 19.8 Å². The summed E-state index contributed by atoms with van der Waals surface area (Å²) in [4.78, 5) is 4.11. The van der Waals surface area contributed by atoms with Crippen molar-refractivity contribution in [3.8, 4) is 17.4 Å². The zero-order valence-corrected chi connectivity index (χ0v) is 11.9. The first kappa shape index (κ1) is 14.6. The molecule has 0 aliphatic rings. The van der Waals surface area contributed by atoms with Crippen LogP contribution < -0.4 is 19.9 Å². The molecular formula is C15H17N3O3. The van der Waals surface area contributed by atoms with E-state index in [1.807, 2.05) is 12.1 Å². The minimum Gasteiger partial charge on any atom is -0.497 e. The second-order valence-corrected chi connectivity index (χ2v) is 4.27. The van der Waals surface area contributed by atoms with E-state index in [0.29, 0.717) is 29.5 Å². The fourth-order valence-corrected chi connectivity index (χ4v) is 1.81. The fraction of sp³-hybridized carbons (Fsp3) is 0.200. The Balaban J connectivity index is 2.19. The molecule has 3 N–H and O–H groups in total. The van der Waals surface area contributed by atoms with Gasteiger partial charge >= 0.3 is 0 Å². The van der Waals surface area contributed by atoms with Gasteiger partial charge in [-0.2, -0.15) is 0 Å². The maximum atomic E-state index is 7.50. The molecule has 1 aromatic heterocycles. The van der Waals surface area contributed by atoms with Crippen molar-refractivity contribution < 1.29 is 14.2 Å². The summed E-state index contributed by atoms with van der Waals surface area (Å²) in [6.07, 6.45) is 1.65. The lowest BCUT2D eigenvalue weighted by atomic mass is 10.2. The largest absolute Gasteiger partial charge is 0.497 e. The first-order chi connectivity index (χ1) is 10.1. The molecule has 2 aromatic rings. The second-order valence-electron chi connectivity index (χ2n) is 4.27. The van der Waals surface area contributed by atoms with Crippen LogP contribution in [0, 0.1) is 5.41 Å². The Morgan fingerprint density at radius 3 is 2.62 bits per heavy atom. The van der Waals surface area contributed by atoms with Crippen LogP contribution in [0.1, 0.15) is 11.1 Å². The SMILES string of the molecule is COc1cc(OCc2cccnc2OC)cc(C(=N)N)c1. The fourth-order valence-electron chi connectivity index (χ4n) is 1.81. The van der Waals surface area contributed by atoms with Crippen LogP contribution in [-0.2, 0) is 6.61 Å². The predicted molar refractivity (Wildman–Crippen MR) is 79.1 cm³/mol. The van der Waals surface area contributed by atoms with E-state index < -0.39 is 0 Å². The average molecular weight is 287 g/mol. The quantitative estimate of drug-likeness (QED) is 0.626. The van der Waals surface area contributed by atoms with Crippen molar-refractivity contribution >= 4 is 5.84 Å². The van der Waals surface area contributed by atoms with Gasteiger partial charge in [-0.1, -0.05) is 0 Å². The minimum atomic E-state index is -0.0438. The predicted octanol–water partition coefficient (Wildman–Crippen LogP) is 1.96. The van der Waals surface area contributed by atoms with Crippen LogP contribution in [0.15, 0.2) is 36.5 Å². The van der Waals surface area contributed by atoms with E-state index in [4.69, 9.17) is 25.4 Å². The number of nitrogens with zero attached hydrogens (tertiary/aromatic N) is 1. The summed E-state index contributed by atoms with van der Waals surface area (Å²) in [5.74, 6) is 1.62. The van der Waals surface area contributed by atoms with E-state index >= 15 is 0 Å². The molecule has 0 spiro atoms. The smallest absolute Gasteiger partial charge is 0.219 e. The Hall–Kier alpha value is -2.76. The molecule has 2 rings (SSSR count). The Bertz CT molecular complexity index is 644. The normalized spacial score (nSPS) is 10.0. The average Bonchev–Trinajstić information content (AvgIpc) is 2.52. The number of ether oxygens (including phenoxy) is 3. The van der Waals surface area contributed by atoms with Crippen molar-refractivity contribution in [2.75, 3.05) is 14.2 Å². The summed E-state index contributed by atoms with van der Waals surface area (Å²) < 4.78 is 16.1. The molecule has 0 amide bonds. The molecule has 1 heterocycles. The highest BCUT2D eigenvalue weighted by Crippen LogP contribution is 2.24. The minimum absolute atomic E-state index is 0.0438. The van der Waals surface area contributed by atoms with Gasteiger partial charge in [0.15, 0.2) is 0 Å². The molecule has 0 radical (unpaired) electrons. The van der Waals surface area contributed by atoms with Crippen molar-refractivity contribution in [3.63, 3.8) is 0 Å². The Morgan fingerprint density at radius 2 is 1.95 bits per heavy atom. The Kier molecular flexibility index (Phi) is 4.61. The molecule has 6 nitrogen and oxygen atoms in total. The molecule has 0 bridgehead atoms. The topological polar surface area (TPSA) is 90.5 Å². The van der Waals surface area contributed by atoms with Crippen LogP contribution in [0.5, 0.6) is 17.4 Å².